The molecule has 0 saturated carbocycles. The van der Waals surface area contributed by atoms with E-state index in [1.807, 2.05) is 0 Å². The molecule has 10 heteroatoms. The van der Waals surface area contributed by atoms with Crippen LogP contribution in [-0.2, 0) is 11.0 Å². The van der Waals surface area contributed by atoms with Crippen LogP contribution in [0.15, 0.2) is 46.3 Å². The molecule has 0 radical (unpaired) electrons. The van der Waals surface area contributed by atoms with Crippen molar-refractivity contribution in [2.24, 2.45) is 4.99 Å². The summed E-state index contributed by atoms with van der Waals surface area (Å²) in [5, 5.41) is 2.43. The zero-order valence-electron chi connectivity index (χ0n) is 15.1. The minimum atomic E-state index is -4.63. The van der Waals surface area contributed by atoms with Gasteiger partial charge < -0.3 is 14.8 Å². The molecule has 1 N–H and O–H groups in total. The first-order valence-electron chi connectivity index (χ1n) is 8.09. The number of amides is 1. The van der Waals surface area contributed by atoms with Crippen LogP contribution in [0, 0.1) is 0 Å². The molecular formula is C19H14ClF3N2O3S. The van der Waals surface area contributed by atoms with E-state index in [2.05, 4.69) is 10.3 Å². The SMILES string of the molecule is COc1ccc(OC)c(/C=C2/SC(=Nc3ccc(Cl)cc3C(F)(F)F)NC2=O)c1. The molecule has 1 aliphatic heterocycles. The van der Waals surface area contributed by atoms with E-state index in [1.54, 1.807) is 24.3 Å². The molecule has 29 heavy (non-hydrogen) atoms. The predicted molar refractivity (Wildman–Crippen MR) is 107 cm³/mol. The fourth-order valence-corrected chi connectivity index (χ4v) is 3.51. The van der Waals surface area contributed by atoms with E-state index in [0.717, 1.165) is 23.9 Å². The zero-order chi connectivity index (χ0) is 21.2. The summed E-state index contributed by atoms with van der Waals surface area (Å²) in [6.45, 7) is 0. The summed E-state index contributed by atoms with van der Waals surface area (Å²) >= 11 is 6.59. The first-order valence-corrected chi connectivity index (χ1v) is 9.29. The van der Waals surface area contributed by atoms with Gasteiger partial charge in [-0.3, -0.25) is 4.79 Å². The number of amidine groups is 1. The van der Waals surface area contributed by atoms with Crippen LogP contribution in [-0.4, -0.2) is 25.3 Å². The number of carbonyl (C=O) groups is 1. The average Bonchev–Trinajstić information content (AvgIpc) is 3.01. The third-order valence-electron chi connectivity index (χ3n) is 3.86. The Balaban J connectivity index is 1.95. The van der Waals surface area contributed by atoms with Crippen LogP contribution in [0.3, 0.4) is 0 Å². The van der Waals surface area contributed by atoms with Crippen LogP contribution in [0.5, 0.6) is 11.5 Å². The van der Waals surface area contributed by atoms with Gasteiger partial charge in [-0.1, -0.05) is 11.6 Å². The van der Waals surface area contributed by atoms with Crippen molar-refractivity contribution in [3.8, 4) is 11.5 Å². The van der Waals surface area contributed by atoms with E-state index in [-0.39, 0.29) is 20.8 Å². The largest absolute Gasteiger partial charge is 0.497 e. The van der Waals surface area contributed by atoms with Gasteiger partial charge in [-0.15, -0.1) is 0 Å². The molecule has 0 unspecified atom stereocenters. The Morgan fingerprint density at radius 2 is 1.90 bits per heavy atom. The number of benzene rings is 2. The molecule has 1 amide bonds. The van der Waals surface area contributed by atoms with Crippen molar-refractivity contribution >= 4 is 46.2 Å². The number of carbonyl (C=O) groups excluding carboxylic acids is 1. The molecule has 0 aliphatic carbocycles. The number of alkyl halides is 3. The molecule has 3 rings (SSSR count). The van der Waals surface area contributed by atoms with Gasteiger partial charge in [-0.25, -0.2) is 4.99 Å². The van der Waals surface area contributed by atoms with Gasteiger partial charge >= 0.3 is 6.18 Å². The molecule has 0 atom stereocenters. The highest BCUT2D eigenvalue weighted by atomic mass is 35.5. The number of hydrogen-bond donors (Lipinski definition) is 1. The van der Waals surface area contributed by atoms with Gasteiger partial charge in [-0.2, -0.15) is 13.2 Å². The number of methoxy groups -OCH3 is 2. The normalized spacial score (nSPS) is 17.0. The van der Waals surface area contributed by atoms with Gasteiger partial charge in [0.25, 0.3) is 5.91 Å². The van der Waals surface area contributed by atoms with E-state index < -0.39 is 17.6 Å². The molecule has 0 bridgehead atoms. The summed E-state index contributed by atoms with van der Waals surface area (Å²) in [5.74, 6) is 0.584. The Morgan fingerprint density at radius 1 is 1.14 bits per heavy atom. The fourth-order valence-electron chi connectivity index (χ4n) is 2.52. The van der Waals surface area contributed by atoms with Crippen molar-refractivity contribution in [1.29, 1.82) is 0 Å². The lowest BCUT2D eigenvalue weighted by Gasteiger charge is -2.10. The third kappa shape index (κ3) is 4.86. The van der Waals surface area contributed by atoms with E-state index in [1.165, 1.54) is 20.3 Å². The highest BCUT2D eigenvalue weighted by Gasteiger charge is 2.34. The Labute approximate surface area is 173 Å². The highest BCUT2D eigenvalue weighted by Crippen LogP contribution is 2.39. The fraction of sp³-hybridized carbons (Fsp3) is 0.158. The quantitative estimate of drug-likeness (QED) is 0.655. The van der Waals surface area contributed by atoms with Gasteiger partial charge in [0.1, 0.15) is 11.5 Å². The number of aliphatic imine (C=N–C) groups is 1. The molecule has 5 nitrogen and oxygen atoms in total. The van der Waals surface area contributed by atoms with Crippen molar-refractivity contribution in [2.45, 2.75) is 6.18 Å². The van der Waals surface area contributed by atoms with Crippen molar-refractivity contribution in [3.63, 3.8) is 0 Å². The van der Waals surface area contributed by atoms with Gasteiger partial charge in [0.2, 0.25) is 0 Å². The van der Waals surface area contributed by atoms with Crippen LogP contribution >= 0.6 is 23.4 Å². The van der Waals surface area contributed by atoms with Gasteiger partial charge in [-0.05, 0) is 54.2 Å². The number of ether oxygens (including phenoxy) is 2. The van der Waals surface area contributed by atoms with Crippen molar-refractivity contribution in [2.75, 3.05) is 14.2 Å². The zero-order valence-corrected chi connectivity index (χ0v) is 16.7. The number of halogens is 4. The number of thioether (sulfide) groups is 1. The number of rotatable bonds is 4. The standard InChI is InChI=1S/C19H14ClF3N2O3S/c1-27-12-4-6-15(28-2)10(7-12)8-16-17(26)25-18(29-16)24-14-5-3-11(20)9-13(14)19(21,22)23/h3-9H,1-2H3,(H,24,25,26)/b16-8+. The van der Waals surface area contributed by atoms with E-state index >= 15 is 0 Å². The molecule has 2 aromatic rings. The number of hydrogen-bond acceptors (Lipinski definition) is 5. The number of nitrogens with zero attached hydrogens (tertiary/aromatic N) is 1. The molecule has 0 spiro atoms. The Morgan fingerprint density at radius 3 is 2.55 bits per heavy atom. The second kappa shape index (κ2) is 8.38. The lowest BCUT2D eigenvalue weighted by Crippen LogP contribution is -2.19. The maximum Gasteiger partial charge on any atom is 0.418 e. The number of nitrogens with one attached hydrogen (secondary N) is 1. The summed E-state index contributed by atoms with van der Waals surface area (Å²) in [6.07, 6.45) is -3.08. The van der Waals surface area contributed by atoms with Crippen LogP contribution in [0.1, 0.15) is 11.1 Å². The average molecular weight is 443 g/mol. The second-order valence-corrected chi connectivity index (χ2v) is 7.22. The first kappa shape index (κ1) is 21.1. The van der Waals surface area contributed by atoms with Gasteiger partial charge in [0, 0.05) is 10.6 Å². The van der Waals surface area contributed by atoms with Crippen LogP contribution < -0.4 is 14.8 Å². The van der Waals surface area contributed by atoms with Crippen molar-refractivity contribution < 1.29 is 27.4 Å². The summed E-state index contributed by atoms with van der Waals surface area (Å²) in [6, 6.07) is 8.30. The minimum Gasteiger partial charge on any atom is -0.497 e. The monoisotopic (exact) mass is 442 g/mol. The van der Waals surface area contributed by atoms with Crippen molar-refractivity contribution in [3.05, 3.63) is 57.5 Å². The molecule has 1 heterocycles. The van der Waals surface area contributed by atoms with E-state index in [4.69, 9.17) is 21.1 Å². The maximum absolute atomic E-state index is 13.2. The Kier molecular flexibility index (Phi) is 6.09. The van der Waals surface area contributed by atoms with Crippen LogP contribution in [0.4, 0.5) is 18.9 Å². The van der Waals surface area contributed by atoms with E-state index in [0.29, 0.717) is 17.1 Å². The van der Waals surface area contributed by atoms with Gasteiger partial charge in [0.15, 0.2) is 5.17 Å². The lowest BCUT2D eigenvalue weighted by atomic mass is 10.1. The Hall–Kier alpha value is -2.65. The summed E-state index contributed by atoms with van der Waals surface area (Å²) in [4.78, 5) is 16.5. The molecule has 1 aliphatic rings. The second-order valence-electron chi connectivity index (χ2n) is 5.75. The van der Waals surface area contributed by atoms with Gasteiger partial charge in [0.05, 0.1) is 30.4 Å². The van der Waals surface area contributed by atoms with Crippen LogP contribution in [0.25, 0.3) is 6.08 Å². The molecule has 1 fully saturated rings. The maximum atomic E-state index is 13.2. The van der Waals surface area contributed by atoms with Crippen LogP contribution in [0.2, 0.25) is 5.02 Å². The predicted octanol–water partition coefficient (Wildman–Crippen LogP) is 5.27. The van der Waals surface area contributed by atoms with E-state index in [9.17, 15) is 18.0 Å². The summed E-state index contributed by atoms with van der Waals surface area (Å²) in [7, 11) is 2.99. The highest BCUT2D eigenvalue weighted by molar-refractivity contribution is 8.18. The lowest BCUT2D eigenvalue weighted by molar-refractivity contribution is -0.137. The summed E-state index contributed by atoms with van der Waals surface area (Å²) < 4.78 is 50.2. The Bertz CT molecular complexity index is 1020. The third-order valence-corrected chi connectivity index (χ3v) is 5.01. The molecule has 1 saturated heterocycles. The molecular weight excluding hydrogens is 429 g/mol. The molecule has 152 valence electrons. The topological polar surface area (TPSA) is 59.9 Å². The summed E-state index contributed by atoms with van der Waals surface area (Å²) in [5.41, 5.74) is -0.752. The molecule has 0 aromatic heterocycles. The molecule has 2 aromatic carbocycles. The minimum absolute atomic E-state index is 0.0240. The van der Waals surface area contributed by atoms with Crippen molar-refractivity contribution in [1.82, 2.24) is 5.32 Å². The smallest absolute Gasteiger partial charge is 0.418 e. The first-order chi connectivity index (χ1) is 13.7.